The van der Waals surface area contributed by atoms with Crippen LogP contribution in [0.3, 0.4) is 0 Å². The summed E-state index contributed by atoms with van der Waals surface area (Å²) < 4.78 is 0.973. The van der Waals surface area contributed by atoms with Crippen LogP contribution in [0.1, 0.15) is 48.6 Å². The van der Waals surface area contributed by atoms with Gasteiger partial charge in [-0.1, -0.05) is 82.2 Å². The van der Waals surface area contributed by atoms with Crippen LogP contribution in [-0.4, -0.2) is 28.3 Å². The third-order valence-electron chi connectivity index (χ3n) is 5.88. The van der Waals surface area contributed by atoms with E-state index in [9.17, 15) is 9.59 Å². The van der Waals surface area contributed by atoms with Crippen LogP contribution in [0.4, 0.5) is 0 Å². The van der Waals surface area contributed by atoms with Gasteiger partial charge in [0.05, 0.1) is 6.42 Å². The van der Waals surface area contributed by atoms with Crippen molar-refractivity contribution in [3.63, 3.8) is 0 Å². The molecule has 35 heavy (non-hydrogen) atoms. The molecule has 1 N–H and O–H groups in total. The maximum absolute atomic E-state index is 13.9. The molecular formula is C30H35BrN2O2. The van der Waals surface area contributed by atoms with Crippen molar-refractivity contribution >= 4 is 27.7 Å². The number of rotatable bonds is 8. The molecule has 3 aromatic carbocycles. The summed E-state index contributed by atoms with van der Waals surface area (Å²) in [5.74, 6) is -0.209. The summed E-state index contributed by atoms with van der Waals surface area (Å²) >= 11 is 3.48. The van der Waals surface area contributed by atoms with E-state index in [2.05, 4.69) is 33.4 Å². The minimum Gasteiger partial charge on any atom is -0.350 e. The Hall–Kier alpha value is -2.92. The average molecular weight is 536 g/mol. The normalized spacial score (nSPS) is 12.2. The Morgan fingerprint density at radius 1 is 0.914 bits per heavy atom. The van der Waals surface area contributed by atoms with Gasteiger partial charge in [-0.25, -0.2) is 0 Å². The van der Waals surface area contributed by atoms with Crippen LogP contribution in [0, 0.1) is 13.8 Å². The number of nitrogens with zero attached hydrogens (tertiary/aromatic N) is 1. The molecule has 2 amide bonds. The Balaban J connectivity index is 2.01. The fraction of sp³-hybridized carbons (Fsp3) is 0.333. The molecule has 0 saturated heterocycles. The third kappa shape index (κ3) is 8.07. The van der Waals surface area contributed by atoms with Gasteiger partial charge >= 0.3 is 0 Å². The zero-order chi connectivity index (χ0) is 25.6. The number of hydrogen-bond acceptors (Lipinski definition) is 2. The predicted octanol–water partition coefficient (Wildman–Crippen LogP) is 6.16. The Morgan fingerprint density at radius 3 is 2.20 bits per heavy atom. The smallest absolute Gasteiger partial charge is 0.243 e. The number of aryl methyl sites for hydroxylation is 2. The molecule has 4 nitrogen and oxygen atoms in total. The Bertz CT molecular complexity index is 1150. The van der Waals surface area contributed by atoms with Gasteiger partial charge in [0, 0.05) is 23.0 Å². The van der Waals surface area contributed by atoms with Crippen LogP contribution in [0.5, 0.6) is 0 Å². The third-order valence-corrected chi connectivity index (χ3v) is 6.41. The van der Waals surface area contributed by atoms with Crippen molar-refractivity contribution in [1.29, 1.82) is 0 Å². The largest absolute Gasteiger partial charge is 0.350 e. The highest BCUT2D eigenvalue weighted by molar-refractivity contribution is 9.10. The maximum Gasteiger partial charge on any atom is 0.243 e. The standard InChI is InChI=1S/C30H35BrN2O2/c1-21-11-12-22(2)25(17-21)19-28(34)33(20-24-13-15-26(31)16-14-24)27(29(35)32-30(3,4)5)18-23-9-7-6-8-10-23/h6-17,27H,18-20H2,1-5H3,(H,32,35)/t27-/m0/s1. The number of nitrogens with one attached hydrogen (secondary N) is 1. The van der Waals surface area contributed by atoms with Gasteiger partial charge < -0.3 is 10.2 Å². The topological polar surface area (TPSA) is 49.4 Å². The molecule has 0 aromatic heterocycles. The highest BCUT2D eigenvalue weighted by Crippen LogP contribution is 2.20. The molecule has 0 saturated carbocycles. The lowest BCUT2D eigenvalue weighted by atomic mass is 9.98. The van der Waals surface area contributed by atoms with Gasteiger partial charge in [-0.3, -0.25) is 9.59 Å². The highest BCUT2D eigenvalue weighted by Gasteiger charge is 2.32. The van der Waals surface area contributed by atoms with Crippen molar-refractivity contribution in [2.24, 2.45) is 0 Å². The molecule has 0 fully saturated rings. The average Bonchev–Trinajstić information content (AvgIpc) is 2.79. The molecule has 0 aliphatic heterocycles. The number of amides is 2. The van der Waals surface area contributed by atoms with E-state index in [-0.39, 0.29) is 18.2 Å². The minimum atomic E-state index is -0.641. The Kier molecular flexibility index (Phi) is 8.90. The fourth-order valence-electron chi connectivity index (χ4n) is 4.05. The van der Waals surface area contributed by atoms with Crippen LogP contribution in [0.2, 0.25) is 0 Å². The number of carbonyl (C=O) groups excluding carboxylic acids is 2. The molecule has 0 aliphatic carbocycles. The highest BCUT2D eigenvalue weighted by atomic mass is 79.9. The van der Waals surface area contributed by atoms with Gasteiger partial charge in [0.1, 0.15) is 6.04 Å². The van der Waals surface area contributed by atoms with Gasteiger partial charge in [0.25, 0.3) is 0 Å². The fourth-order valence-corrected chi connectivity index (χ4v) is 4.31. The number of hydrogen-bond donors (Lipinski definition) is 1. The Labute approximate surface area is 217 Å². The zero-order valence-electron chi connectivity index (χ0n) is 21.3. The summed E-state index contributed by atoms with van der Waals surface area (Å²) in [5.41, 5.74) is 4.76. The van der Waals surface area contributed by atoms with Crippen LogP contribution in [0.25, 0.3) is 0 Å². The van der Waals surface area contributed by atoms with Crippen LogP contribution >= 0.6 is 15.9 Å². The second kappa shape index (κ2) is 11.7. The second-order valence-electron chi connectivity index (χ2n) is 10.2. The van der Waals surface area contributed by atoms with E-state index in [1.165, 1.54) is 0 Å². The first-order valence-electron chi connectivity index (χ1n) is 12.0. The van der Waals surface area contributed by atoms with E-state index in [4.69, 9.17) is 0 Å². The molecule has 1 atom stereocenters. The predicted molar refractivity (Wildman–Crippen MR) is 146 cm³/mol. The number of benzene rings is 3. The van der Waals surface area contributed by atoms with Gasteiger partial charge in [-0.05, 0) is 69.0 Å². The summed E-state index contributed by atoms with van der Waals surface area (Å²) in [5, 5.41) is 3.11. The van der Waals surface area contributed by atoms with Crippen LogP contribution < -0.4 is 5.32 Å². The van der Waals surface area contributed by atoms with Crippen LogP contribution in [-0.2, 0) is 29.0 Å². The minimum absolute atomic E-state index is 0.0633. The Morgan fingerprint density at radius 2 is 1.57 bits per heavy atom. The second-order valence-corrected chi connectivity index (χ2v) is 11.1. The summed E-state index contributed by atoms with van der Waals surface area (Å²) in [6, 6.07) is 23.3. The van der Waals surface area contributed by atoms with E-state index in [0.29, 0.717) is 13.0 Å². The quantitative estimate of drug-likeness (QED) is 0.376. The summed E-state index contributed by atoms with van der Waals surface area (Å²) in [4.78, 5) is 29.2. The molecule has 5 heteroatoms. The van der Waals surface area contributed by atoms with E-state index >= 15 is 0 Å². The van der Waals surface area contributed by atoms with Crippen molar-refractivity contribution in [1.82, 2.24) is 10.2 Å². The molecule has 3 aromatic rings. The van der Waals surface area contributed by atoms with Crippen molar-refractivity contribution in [2.45, 2.75) is 65.6 Å². The lowest BCUT2D eigenvalue weighted by Gasteiger charge is -2.34. The maximum atomic E-state index is 13.9. The molecule has 3 rings (SSSR count). The molecule has 0 spiro atoms. The molecular weight excluding hydrogens is 500 g/mol. The summed E-state index contributed by atoms with van der Waals surface area (Å²) in [6.07, 6.45) is 0.690. The lowest BCUT2D eigenvalue weighted by molar-refractivity contribution is -0.141. The first-order valence-corrected chi connectivity index (χ1v) is 12.8. The van der Waals surface area contributed by atoms with Crippen molar-refractivity contribution < 1.29 is 9.59 Å². The van der Waals surface area contributed by atoms with Crippen molar-refractivity contribution in [2.75, 3.05) is 0 Å². The van der Waals surface area contributed by atoms with E-state index in [1.807, 2.05) is 95.3 Å². The molecule has 0 radical (unpaired) electrons. The first kappa shape index (κ1) is 26.7. The zero-order valence-corrected chi connectivity index (χ0v) is 22.9. The van der Waals surface area contributed by atoms with Gasteiger partial charge in [0.2, 0.25) is 11.8 Å². The number of halogens is 1. The lowest BCUT2D eigenvalue weighted by Crippen LogP contribution is -2.54. The van der Waals surface area contributed by atoms with Crippen LogP contribution in [0.15, 0.2) is 77.3 Å². The molecule has 0 bridgehead atoms. The van der Waals surface area contributed by atoms with Crippen molar-refractivity contribution in [3.05, 3.63) is 105 Å². The number of carbonyl (C=O) groups is 2. The van der Waals surface area contributed by atoms with E-state index < -0.39 is 11.6 Å². The SMILES string of the molecule is Cc1ccc(C)c(CC(=O)N(Cc2ccc(Br)cc2)[C@@H](Cc2ccccc2)C(=O)NC(C)(C)C)c1. The molecule has 0 aliphatic rings. The molecule has 0 heterocycles. The van der Waals surface area contributed by atoms with E-state index in [0.717, 1.165) is 32.3 Å². The molecule has 184 valence electrons. The van der Waals surface area contributed by atoms with Gasteiger partial charge in [-0.2, -0.15) is 0 Å². The van der Waals surface area contributed by atoms with Crippen molar-refractivity contribution in [3.8, 4) is 0 Å². The molecule has 0 unspecified atom stereocenters. The summed E-state index contributed by atoms with van der Waals surface area (Å²) in [6.45, 7) is 10.3. The monoisotopic (exact) mass is 534 g/mol. The first-order chi connectivity index (χ1) is 16.5. The summed E-state index contributed by atoms with van der Waals surface area (Å²) in [7, 11) is 0. The van der Waals surface area contributed by atoms with Gasteiger partial charge in [-0.15, -0.1) is 0 Å². The van der Waals surface area contributed by atoms with Gasteiger partial charge in [0.15, 0.2) is 0 Å². The van der Waals surface area contributed by atoms with E-state index in [1.54, 1.807) is 4.90 Å².